The molecule has 1 heterocycles. The molecule has 2 aromatic carbocycles. The van der Waals surface area contributed by atoms with Crippen LogP contribution in [0.25, 0.3) is 22.2 Å². The number of hydrogen-bond acceptors (Lipinski definition) is 2. The number of nitrogens with one attached hydrogen (secondary N) is 2. The summed E-state index contributed by atoms with van der Waals surface area (Å²) in [6.07, 6.45) is 1.17. The lowest BCUT2D eigenvalue weighted by molar-refractivity contribution is -0.121. The maximum absolute atomic E-state index is 12.1. The standard InChI is InChI=1S/C21H24N2O2/c1-14(2)22-20(24)13-12-18-17-6-4-5-7-19(17)23-21(18)15-8-10-16(25-3)11-9-15/h4-11,14,23H,12-13H2,1-3H3,(H,22,24). The van der Waals surface area contributed by atoms with Gasteiger partial charge in [0.1, 0.15) is 5.75 Å². The van der Waals surface area contributed by atoms with E-state index < -0.39 is 0 Å². The second-order valence-electron chi connectivity index (χ2n) is 6.47. The molecule has 2 N–H and O–H groups in total. The first-order valence-electron chi connectivity index (χ1n) is 8.62. The molecule has 3 aromatic rings. The van der Waals surface area contributed by atoms with Gasteiger partial charge in [-0.25, -0.2) is 0 Å². The molecule has 0 atom stereocenters. The number of amides is 1. The third-order valence-electron chi connectivity index (χ3n) is 4.24. The number of aromatic amines is 1. The molecule has 0 bridgehead atoms. The number of H-pyrrole nitrogens is 1. The summed E-state index contributed by atoms with van der Waals surface area (Å²) < 4.78 is 5.25. The molecule has 4 nitrogen and oxygen atoms in total. The number of carbonyl (C=O) groups excluding carboxylic acids is 1. The summed E-state index contributed by atoms with van der Waals surface area (Å²) in [6, 6.07) is 16.4. The maximum Gasteiger partial charge on any atom is 0.220 e. The number of aryl methyl sites for hydroxylation is 1. The zero-order chi connectivity index (χ0) is 17.8. The number of hydrogen-bond donors (Lipinski definition) is 2. The Balaban J connectivity index is 1.95. The highest BCUT2D eigenvalue weighted by Gasteiger charge is 2.14. The first-order chi connectivity index (χ1) is 12.1. The van der Waals surface area contributed by atoms with E-state index in [-0.39, 0.29) is 11.9 Å². The van der Waals surface area contributed by atoms with E-state index in [2.05, 4.69) is 22.4 Å². The Morgan fingerprint density at radius 1 is 1.12 bits per heavy atom. The van der Waals surface area contributed by atoms with Crippen molar-refractivity contribution < 1.29 is 9.53 Å². The number of methoxy groups -OCH3 is 1. The van der Waals surface area contributed by atoms with Crippen LogP contribution in [-0.4, -0.2) is 24.0 Å². The quantitative estimate of drug-likeness (QED) is 0.705. The summed E-state index contributed by atoms with van der Waals surface area (Å²) in [5.74, 6) is 0.915. The topological polar surface area (TPSA) is 54.1 Å². The van der Waals surface area contributed by atoms with Gasteiger partial charge < -0.3 is 15.0 Å². The SMILES string of the molecule is COc1ccc(-c2[nH]c3ccccc3c2CCC(=O)NC(C)C)cc1. The molecule has 4 heteroatoms. The Bertz CT molecular complexity index is 863. The van der Waals surface area contributed by atoms with E-state index in [1.807, 2.05) is 50.2 Å². The van der Waals surface area contributed by atoms with Crippen molar-refractivity contribution in [2.45, 2.75) is 32.7 Å². The lowest BCUT2D eigenvalue weighted by Gasteiger charge is -2.09. The van der Waals surface area contributed by atoms with Crippen LogP contribution in [0.2, 0.25) is 0 Å². The molecule has 130 valence electrons. The average Bonchev–Trinajstić information content (AvgIpc) is 2.98. The lowest BCUT2D eigenvalue weighted by Crippen LogP contribution is -2.30. The summed E-state index contributed by atoms with van der Waals surface area (Å²) in [5.41, 5.74) is 4.43. The molecular formula is C21H24N2O2. The van der Waals surface area contributed by atoms with Gasteiger partial charge in [-0.15, -0.1) is 0 Å². The first-order valence-corrected chi connectivity index (χ1v) is 8.62. The van der Waals surface area contributed by atoms with Crippen molar-refractivity contribution in [2.24, 2.45) is 0 Å². The fraction of sp³-hybridized carbons (Fsp3) is 0.286. The first kappa shape index (κ1) is 17.1. The predicted molar refractivity (Wildman–Crippen MR) is 102 cm³/mol. The van der Waals surface area contributed by atoms with Gasteiger partial charge in [-0.2, -0.15) is 0 Å². The second kappa shape index (κ2) is 7.43. The summed E-state index contributed by atoms with van der Waals surface area (Å²) in [7, 11) is 1.66. The molecule has 0 unspecified atom stereocenters. The minimum Gasteiger partial charge on any atom is -0.497 e. The summed E-state index contributed by atoms with van der Waals surface area (Å²) in [4.78, 5) is 15.6. The van der Waals surface area contributed by atoms with E-state index in [9.17, 15) is 4.79 Å². The fourth-order valence-corrected chi connectivity index (χ4v) is 3.10. The van der Waals surface area contributed by atoms with Crippen molar-refractivity contribution in [1.29, 1.82) is 0 Å². The van der Waals surface area contributed by atoms with E-state index in [0.717, 1.165) is 22.5 Å². The zero-order valence-corrected chi connectivity index (χ0v) is 14.9. The minimum absolute atomic E-state index is 0.0842. The summed E-state index contributed by atoms with van der Waals surface area (Å²) >= 11 is 0. The van der Waals surface area contributed by atoms with Crippen LogP contribution in [0.5, 0.6) is 5.75 Å². The van der Waals surface area contributed by atoms with Gasteiger partial charge in [0.05, 0.1) is 7.11 Å². The largest absolute Gasteiger partial charge is 0.497 e. The van der Waals surface area contributed by atoms with Gasteiger partial charge in [-0.1, -0.05) is 18.2 Å². The normalized spacial score (nSPS) is 11.0. The van der Waals surface area contributed by atoms with E-state index in [1.165, 1.54) is 10.9 Å². The number of para-hydroxylation sites is 1. The Morgan fingerprint density at radius 3 is 2.52 bits per heavy atom. The summed E-state index contributed by atoms with van der Waals surface area (Å²) in [6.45, 7) is 3.96. The number of rotatable bonds is 6. The van der Waals surface area contributed by atoms with Crippen LogP contribution in [0.15, 0.2) is 48.5 Å². The maximum atomic E-state index is 12.1. The van der Waals surface area contributed by atoms with Gasteiger partial charge in [0, 0.05) is 29.1 Å². The van der Waals surface area contributed by atoms with E-state index in [1.54, 1.807) is 7.11 Å². The van der Waals surface area contributed by atoms with Crippen LogP contribution in [0, 0.1) is 0 Å². The minimum atomic E-state index is 0.0842. The molecular weight excluding hydrogens is 312 g/mol. The van der Waals surface area contributed by atoms with Crippen molar-refractivity contribution in [2.75, 3.05) is 7.11 Å². The number of ether oxygens (including phenoxy) is 1. The van der Waals surface area contributed by atoms with Crippen molar-refractivity contribution in [1.82, 2.24) is 10.3 Å². The fourth-order valence-electron chi connectivity index (χ4n) is 3.10. The Hall–Kier alpha value is -2.75. The number of carbonyl (C=O) groups is 1. The van der Waals surface area contributed by atoms with Gasteiger partial charge >= 0.3 is 0 Å². The van der Waals surface area contributed by atoms with Crippen LogP contribution in [0.4, 0.5) is 0 Å². The Morgan fingerprint density at radius 2 is 1.84 bits per heavy atom. The van der Waals surface area contributed by atoms with Gasteiger partial charge in [-0.3, -0.25) is 4.79 Å². The average molecular weight is 336 g/mol. The molecule has 0 spiro atoms. The molecule has 3 rings (SSSR count). The molecule has 1 amide bonds. The number of fused-ring (bicyclic) bond motifs is 1. The molecule has 1 aromatic heterocycles. The van der Waals surface area contributed by atoms with Crippen LogP contribution in [0.1, 0.15) is 25.8 Å². The van der Waals surface area contributed by atoms with Crippen LogP contribution in [0.3, 0.4) is 0 Å². The molecule has 0 radical (unpaired) electrons. The highest BCUT2D eigenvalue weighted by molar-refractivity contribution is 5.91. The molecule has 0 fully saturated rings. The summed E-state index contributed by atoms with van der Waals surface area (Å²) in [5, 5.41) is 4.13. The number of benzene rings is 2. The Kier molecular flexibility index (Phi) is 5.08. The van der Waals surface area contributed by atoms with E-state index >= 15 is 0 Å². The van der Waals surface area contributed by atoms with Gasteiger partial charge in [0.2, 0.25) is 5.91 Å². The van der Waals surface area contributed by atoms with Crippen molar-refractivity contribution in [3.05, 3.63) is 54.1 Å². The van der Waals surface area contributed by atoms with Crippen LogP contribution >= 0.6 is 0 Å². The van der Waals surface area contributed by atoms with E-state index in [4.69, 9.17) is 4.74 Å². The lowest BCUT2D eigenvalue weighted by atomic mass is 10.0. The highest BCUT2D eigenvalue weighted by Crippen LogP contribution is 2.32. The van der Waals surface area contributed by atoms with Crippen LogP contribution in [-0.2, 0) is 11.2 Å². The zero-order valence-electron chi connectivity index (χ0n) is 14.9. The molecule has 0 aliphatic rings. The van der Waals surface area contributed by atoms with Gasteiger partial charge in [0.25, 0.3) is 0 Å². The predicted octanol–water partition coefficient (Wildman–Crippen LogP) is 4.30. The van der Waals surface area contributed by atoms with Crippen molar-refractivity contribution >= 4 is 16.8 Å². The molecule has 0 aliphatic heterocycles. The second-order valence-corrected chi connectivity index (χ2v) is 6.47. The molecule has 0 saturated heterocycles. The molecule has 25 heavy (non-hydrogen) atoms. The van der Waals surface area contributed by atoms with Crippen molar-refractivity contribution in [3.63, 3.8) is 0 Å². The van der Waals surface area contributed by atoms with Crippen LogP contribution < -0.4 is 10.1 Å². The highest BCUT2D eigenvalue weighted by atomic mass is 16.5. The molecule has 0 aliphatic carbocycles. The smallest absolute Gasteiger partial charge is 0.220 e. The third-order valence-corrected chi connectivity index (χ3v) is 4.24. The van der Waals surface area contributed by atoms with Gasteiger partial charge in [0.15, 0.2) is 0 Å². The Labute approximate surface area is 148 Å². The van der Waals surface area contributed by atoms with Gasteiger partial charge in [-0.05, 0) is 61.7 Å². The van der Waals surface area contributed by atoms with Crippen molar-refractivity contribution in [3.8, 4) is 17.0 Å². The third kappa shape index (κ3) is 3.85. The molecule has 0 saturated carbocycles. The van der Waals surface area contributed by atoms with E-state index in [0.29, 0.717) is 12.8 Å². The monoisotopic (exact) mass is 336 g/mol. The number of aromatic nitrogens is 1.